The van der Waals surface area contributed by atoms with Crippen LogP contribution in [-0.2, 0) is 9.53 Å². The summed E-state index contributed by atoms with van der Waals surface area (Å²) < 4.78 is 4.68. The first-order valence-corrected chi connectivity index (χ1v) is 4.10. The maximum Gasteiger partial charge on any atom is 0.309 e. The maximum atomic E-state index is 11.1. The van der Waals surface area contributed by atoms with Crippen LogP contribution in [0.15, 0.2) is 0 Å². The SMILES string of the molecule is COC(=O)C1CC1(C)C(C)C. The molecule has 11 heavy (non-hydrogen) atoms. The Hall–Kier alpha value is -0.530. The molecule has 1 rings (SSSR count). The molecular weight excluding hydrogens is 140 g/mol. The van der Waals surface area contributed by atoms with Crippen molar-refractivity contribution in [1.29, 1.82) is 0 Å². The molecule has 0 aliphatic heterocycles. The van der Waals surface area contributed by atoms with Crippen LogP contribution in [-0.4, -0.2) is 13.1 Å². The topological polar surface area (TPSA) is 26.3 Å². The van der Waals surface area contributed by atoms with E-state index in [0.717, 1.165) is 6.42 Å². The van der Waals surface area contributed by atoms with Crippen LogP contribution in [0, 0.1) is 17.3 Å². The summed E-state index contributed by atoms with van der Waals surface area (Å²) in [5.41, 5.74) is 0.215. The molecule has 1 aliphatic carbocycles. The molecule has 0 amide bonds. The van der Waals surface area contributed by atoms with Gasteiger partial charge in [0.1, 0.15) is 0 Å². The second-order valence-corrected chi connectivity index (χ2v) is 3.94. The summed E-state index contributed by atoms with van der Waals surface area (Å²) in [6, 6.07) is 0. The van der Waals surface area contributed by atoms with Crippen molar-refractivity contribution in [2.24, 2.45) is 17.3 Å². The number of methoxy groups -OCH3 is 1. The summed E-state index contributed by atoms with van der Waals surface area (Å²) in [5, 5.41) is 0. The number of esters is 1. The maximum absolute atomic E-state index is 11.1. The molecule has 2 unspecified atom stereocenters. The quantitative estimate of drug-likeness (QED) is 0.570. The average Bonchev–Trinajstić information content (AvgIpc) is 2.63. The lowest BCUT2D eigenvalue weighted by Gasteiger charge is -2.13. The zero-order chi connectivity index (χ0) is 8.65. The van der Waals surface area contributed by atoms with Gasteiger partial charge in [-0.25, -0.2) is 0 Å². The van der Waals surface area contributed by atoms with E-state index in [4.69, 9.17) is 0 Å². The van der Waals surface area contributed by atoms with E-state index in [1.807, 2.05) is 0 Å². The van der Waals surface area contributed by atoms with E-state index in [-0.39, 0.29) is 17.3 Å². The number of carbonyl (C=O) groups is 1. The molecule has 0 bridgehead atoms. The van der Waals surface area contributed by atoms with E-state index in [1.54, 1.807) is 0 Å². The number of hydrogen-bond acceptors (Lipinski definition) is 2. The van der Waals surface area contributed by atoms with E-state index in [1.165, 1.54) is 7.11 Å². The Kier molecular flexibility index (Phi) is 1.95. The van der Waals surface area contributed by atoms with Gasteiger partial charge in [0, 0.05) is 0 Å². The number of carbonyl (C=O) groups excluding carboxylic acids is 1. The van der Waals surface area contributed by atoms with Crippen molar-refractivity contribution in [3.8, 4) is 0 Å². The van der Waals surface area contributed by atoms with Crippen molar-refractivity contribution in [1.82, 2.24) is 0 Å². The molecule has 0 spiro atoms. The molecule has 0 aromatic heterocycles. The van der Waals surface area contributed by atoms with Gasteiger partial charge in [-0.1, -0.05) is 20.8 Å². The van der Waals surface area contributed by atoms with Gasteiger partial charge in [-0.3, -0.25) is 4.79 Å². The fourth-order valence-electron chi connectivity index (χ4n) is 1.51. The molecule has 64 valence electrons. The summed E-state index contributed by atoms with van der Waals surface area (Å²) in [5.74, 6) is 0.695. The van der Waals surface area contributed by atoms with Crippen molar-refractivity contribution < 1.29 is 9.53 Å². The smallest absolute Gasteiger partial charge is 0.309 e. The third-order valence-corrected chi connectivity index (χ3v) is 3.08. The molecule has 0 aromatic rings. The molecule has 0 N–H and O–H groups in total. The number of rotatable bonds is 2. The van der Waals surface area contributed by atoms with Gasteiger partial charge in [-0.15, -0.1) is 0 Å². The lowest BCUT2D eigenvalue weighted by molar-refractivity contribution is -0.143. The van der Waals surface area contributed by atoms with Crippen LogP contribution in [0.4, 0.5) is 0 Å². The molecule has 1 fully saturated rings. The molecule has 1 aliphatic rings. The van der Waals surface area contributed by atoms with Crippen molar-refractivity contribution in [2.75, 3.05) is 7.11 Å². The number of hydrogen-bond donors (Lipinski definition) is 0. The molecular formula is C9H16O2. The first-order chi connectivity index (χ1) is 5.02. The predicted molar refractivity (Wildman–Crippen MR) is 43.1 cm³/mol. The molecule has 0 radical (unpaired) electrons. The van der Waals surface area contributed by atoms with Gasteiger partial charge in [0.05, 0.1) is 13.0 Å². The van der Waals surface area contributed by atoms with Crippen LogP contribution in [0.2, 0.25) is 0 Å². The highest BCUT2D eigenvalue weighted by Crippen LogP contribution is 2.57. The highest BCUT2D eigenvalue weighted by molar-refractivity contribution is 5.76. The van der Waals surface area contributed by atoms with Gasteiger partial charge in [-0.2, -0.15) is 0 Å². The summed E-state index contributed by atoms with van der Waals surface area (Å²) in [6.45, 7) is 6.46. The predicted octanol–water partition coefficient (Wildman–Crippen LogP) is 1.84. The Balaban J connectivity index is 2.53. The third kappa shape index (κ3) is 1.26. The van der Waals surface area contributed by atoms with Crippen molar-refractivity contribution in [3.05, 3.63) is 0 Å². The summed E-state index contributed by atoms with van der Waals surface area (Å²) in [7, 11) is 1.46. The van der Waals surface area contributed by atoms with E-state index in [0.29, 0.717) is 5.92 Å². The summed E-state index contributed by atoms with van der Waals surface area (Å²) >= 11 is 0. The molecule has 2 heteroatoms. The zero-order valence-corrected chi connectivity index (χ0v) is 7.68. The molecule has 0 aromatic carbocycles. The van der Waals surface area contributed by atoms with Crippen LogP contribution in [0.25, 0.3) is 0 Å². The van der Waals surface area contributed by atoms with Gasteiger partial charge < -0.3 is 4.74 Å². The fourth-order valence-corrected chi connectivity index (χ4v) is 1.51. The zero-order valence-electron chi connectivity index (χ0n) is 7.68. The van der Waals surface area contributed by atoms with Gasteiger partial charge in [0.2, 0.25) is 0 Å². The van der Waals surface area contributed by atoms with Crippen molar-refractivity contribution >= 4 is 5.97 Å². The largest absolute Gasteiger partial charge is 0.469 e. The Morgan fingerprint density at radius 3 is 2.45 bits per heavy atom. The van der Waals surface area contributed by atoms with E-state index >= 15 is 0 Å². The van der Waals surface area contributed by atoms with Gasteiger partial charge in [0.25, 0.3) is 0 Å². The molecule has 2 nitrogen and oxygen atoms in total. The lowest BCUT2D eigenvalue weighted by atomic mass is 9.92. The standard InChI is InChI=1S/C9H16O2/c1-6(2)9(3)5-7(9)8(10)11-4/h6-7H,5H2,1-4H3. The van der Waals surface area contributed by atoms with Crippen LogP contribution in [0.1, 0.15) is 27.2 Å². The summed E-state index contributed by atoms with van der Waals surface area (Å²) in [6.07, 6.45) is 0.997. The minimum atomic E-state index is -0.0406. The lowest BCUT2D eigenvalue weighted by Crippen LogP contribution is -2.14. The second kappa shape index (κ2) is 2.50. The molecule has 2 atom stereocenters. The number of ether oxygens (including phenoxy) is 1. The van der Waals surface area contributed by atoms with Crippen LogP contribution < -0.4 is 0 Å². The minimum Gasteiger partial charge on any atom is -0.469 e. The van der Waals surface area contributed by atoms with Crippen LogP contribution >= 0.6 is 0 Å². The first kappa shape index (κ1) is 8.57. The molecule has 1 saturated carbocycles. The van der Waals surface area contributed by atoms with E-state index in [9.17, 15) is 4.79 Å². The highest BCUT2D eigenvalue weighted by atomic mass is 16.5. The highest BCUT2D eigenvalue weighted by Gasteiger charge is 2.56. The molecule has 0 saturated heterocycles. The normalized spacial score (nSPS) is 35.5. The van der Waals surface area contributed by atoms with E-state index in [2.05, 4.69) is 25.5 Å². The third-order valence-electron chi connectivity index (χ3n) is 3.08. The fraction of sp³-hybridized carbons (Fsp3) is 0.889. The van der Waals surface area contributed by atoms with Crippen molar-refractivity contribution in [2.45, 2.75) is 27.2 Å². The van der Waals surface area contributed by atoms with Crippen LogP contribution in [0.3, 0.4) is 0 Å². The van der Waals surface area contributed by atoms with Gasteiger partial charge in [0.15, 0.2) is 0 Å². The van der Waals surface area contributed by atoms with Gasteiger partial charge >= 0.3 is 5.97 Å². The average molecular weight is 156 g/mol. The molecule has 0 heterocycles. The van der Waals surface area contributed by atoms with Crippen molar-refractivity contribution in [3.63, 3.8) is 0 Å². The Labute approximate surface area is 67.9 Å². The second-order valence-electron chi connectivity index (χ2n) is 3.94. The van der Waals surface area contributed by atoms with Crippen LogP contribution in [0.5, 0.6) is 0 Å². The monoisotopic (exact) mass is 156 g/mol. The van der Waals surface area contributed by atoms with E-state index < -0.39 is 0 Å². The Morgan fingerprint density at radius 1 is 1.64 bits per heavy atom. The minimum absolute atomic E-state index is 0.0406. The van der Waals surface area contributed by atoms with Gasteiger partial charge in [-0.05, 0) is 17.8 Å². The Bertz CT molecular complexity index is 174. The Morgan fingerprint density at radius 2 is 2.18 bits per heavy atom. The summed E-state index contributed by atoms with van der Waals surface area (Å²) in [4.78, 5) is 11.1. The first-order valence-electron chi connectivity index (χ1n) is 4.10.